The van der Waals surface area contributed by atoms with Crippen LogP contribution in [-0.2, 0) is 0 Å². The number of halogens is 1. The Labute approximate surface area is 162 Å². The molecule has 8 heteroatoms. The molecule has 0 radical (unpaired) electrons. The number of thioether (sulfide) groups is 1. The molecule has 1 aromatic heterocycles. The number of hydrogen-bond acceptors (Lipinski definition) is 7. The van der Waals surface area contributed by atoms with Crippen LogP contribution in [0, 0.1) is 6.92 Å². The van der Waals surface area contributed by atoms with E-state index in [4.69, 9.17) is 30.5 Å². The van der Waals surface area contributed by atoms with E-state index in [0.717, 1.165) is 5.56 Å². The second kappa shape index (κ2) is 8.70. The first kappa shape index (κ1) is 20.5. The van der Waals surface area contributed by atoms with Gasteiger partial charge in [-0.3, -0.25) is 0 Å². The Morgan fingerprint density at radius 3 is 2.19 bits per heavy atom. The van der Waals surface area contributed by atoms with Crippen LogP contribution in [0.2, 0.25) is 5.02 Å². The van der Waals surface area contributed by atoms with Crippen molar-refractivity contribution in [1.29, 1.82) is 0 Å². The number of aromatic nitrogens is 1. The average Bonchev–Trinajstić information content (AvgIpc) is 2.65. The number of methoxy groups -OCH3 is 4. The molecule has 0 saturated carbocycles. The quantitative estimate of drug-likeness (QED) is 0.708. The third kappa shape index (κ3) is 3.51. The highest BCUT2D eigenvalue weighted by molar-refractivity contribution is 7.98. The van der Waals surface area contributed by atoms with Crippen molar-refractivity contribution in [2.75, 3.05) is 34.7 Å². The maximum absolute atomic E-state index is 11.2. The predicted octanol–water partition coefficient (Wildman–Crippen LogP) is 3.88. The van der Waals surface area contributed by atoms with Gasteiger partial charge in [-0.2, -0.15) is 0 Å². The summed E-state index contributed by atoms with van der Waals surface area (Å²) < 4.78 is 21.7. The summed E-state index contributed by atoms with van der Waals surface area (Å²) in [5.74, 6) is 1.58. The smallest absolute Gasteiger partial charge is 0.220 e. The Morgan fingerprint density at radius 2 is 1.69 bits per heavy atom. The Morgan fingerprint density at radius 1 is 1.04 bits per heavy atom. The van der Waals surface area contributed by atoms with Gasteiger partial charge in [0, 0.05) is 10.5 Å². The van der Waals surface area contributed by atoms with Crippen LogP contribution in [0.3, 0.4) is 0 Å². The minimum Gasteiger partial charge on any atom is -0.493 e. The van der Waals surface area contributed by atoms with Crippen molar-refractivity contribution in [2.24, 2.45) is 0 Å². The molecule has 0 saturated heterocycles. The molecule has 6 nitrogen and oxygen atoms in total. The molecule has 1 N–H and O–H groups in total. The van der Waals surface area contributed by atoms with Gasteiger partial charge >= 0.3 is 0 Å². The number of hydrogen-bond donors (Lipinski definition) is 1. The molecule has 0 aliphatic carbocycles. The SMILES string of the molecule is COc1cc(C)c(C(O)c2c(OC)ncc(Cl)c2SC)c(OC)c1OC. The fraction of sp³-hybridized carbons (Fsp3) is 0.389. The molecule has 0 amide bonds. The van der Waals surface area contributed by atoms with E-state index in [2.05, 4.69) is 4.98 Å². The van der Waals surface area contributed by atoms with E-state index in [0.29, 0.717) is 44.2 Å². The molecule has 1 atom stereocenters. The van der Waals surface area contributed by atoms with Crippen LogP contribution in [0.25, 0.3) is 0 Å². The predicted molar refractivity (Wildman–Crippen MR) is 102 cm³/mol. The van der Waals surface area contributed by atoms with Gasteiger partial charge in [0.1, 0.15) is 6.10 Å². The molecule has 0 aliphatic rings. The lowest BCUT2D eigenvalue weighted by Crippen LogP contribution is -2.10. The number of pyridine rings is 1. The maximum atomic E-state index is 11.2. The van der Waals surface area contributed by atoms with Gasteiger partial charge in [0.15, 0.2) is 11.5 Å². The largest absolute Gasteiger partial charge is 0.493 e. The highest BCUT2D eigenvalue weighted by Crippen LogP contribution is 2.48. The number of aryl methyl sites for hydroxylation is 1. The standard InChI is InChI=1S/C18H22ClNO5S/c1-9-7-11(22-2)15(23-3)16(24-4)12(9)14(21)13-17(26-6)10(19)8-20-18(13)25-5/h7-8,14,21H,1-6H3. The summed E-state index contributed by atoms with van der Waals surface area (Å²) in [5, 5.41) is 11.7. The molecule has 142 valence electrons. The molecule has 1 heterocycles. The summed E-state index contributed by atoms with van der Waals surface area (Å²) >= 11 is 7.69. The summed E-state index contributed by atoms with van der Waals surface area (Å²) in [6.07, 6.45) is 2.28. The molecule has 2 aromatic rings. The van der Waals surface area contributed by atoms with E-state index in [1.165, 1.54) is 39.3 Å². The van der Waals surface area contributed by atoms with E-state index >= 15 is 0 Å². The third-order valence-electron chi connectivity index (χ3n) is 4.01. The highest BCUT2D eigenvalue weighted by atomic mass is 35.5. The molecule has 0 spiro atoms. The molecule has 0 bridgehead atoms. The minimum atomic E-state index is -1.09. The number of aliphatic hydroxyl groups is 1. The monoisotopic (exact) mass is 399 g/mol. The summed E-state index contributed by atoms with van der Waals surface area (Å²) in [7, 11) is 6.06. The molecular formula is C18H22ClNO5S. The molecule has 2 rings (SSSR count). The van der Waals surface area contributed by atoms with E-state index in [1.54, 1.807) is 13.2 Å². The Bertz CT molecular complexity index is 800. The molecule has 1 unspecified atom stereocenters. The van der Waals surface area contributed by atoms with Gasteiger partial charge in [-0.05, 0) is 24.8 Å². The van der Waals surface area contributed by atoms with Gasteiger partial charge in [0.25, 0.3) is 0 Å². The van der Waals surface area contributed by atoms with Crippen molar-refractivity contribution in [2.45, 2.75) is 17.9 Å². The van der Waals surface area contributed by atoms with E-state index in [-0.39, 0.29) is 0 Å². The van der Waals surface area contributed by atoms with Gasteiger partial charge in [-0.15, -0.1) is 11.8 Å². The zero-order chi connectivity index (χ0) is 19.4. The van der Waals surface area contributed by atoms with Crippen molar-refractivity contribution in [3.8, 4) is 23.1 Å². The molecule has 0 fully saturated rings. The van der Waals surface area contributed by atoms with Crippen LogP contribution in [-0.4, -0.2) is 44.8 Å². The third-order valence-corrected chi connectivity index (χ3v) is 5.25. The fourth-order valence-corrected chi connectivity index (χ4v) is 3.91. The van der Waals surface area contributed by atoms with E-state index in [9.17, 15) is 5.11 Å². The van der Waals surface area contributed by atoms with Crippen molar-refractivity contribution >= 4 is 23.4 Å². The second-order valence-corrected chi connectivity index (χ2v) is 6.56. The summed E-state index contributed by atoms with van der Waals surface area (Å²) in [5.41, 5.74) is 1.77. The summed E-state index contributed by atoms with van der Waals surface area (Å²) in [4.78, 5) is 4.87. The number of benzene rings is 1. The fourth-order valence-electron chi connectivity index (χ4n) is 2.87. The number of ether oxygens (including phenoxy) is 4. The van der Waals surface area contributed by atoms with Crippen molar-refractivity contribution < 1.29 is 24.1 Å². The van der Waals surface area contributed by atoms with Gasteiger partial charge in [0.05, 0.1) is 45.2 Å². The number of aliphatic hydroxyl groups excluding tert-OH is 1. The van der Waals surface area contributed by atoms with Crippen LogP contribution >= 0.6 is 23.4 Å². The Hall–Kier alpha value is -1.83. The van der Waals surface area contributed by atoms with Gasteiger partial charge < -0.3 is 24.1 Å². The van der Waals surface area contributed by atoms with Gasteiger partial charge in [-0.1, -0.05) is 11.6 Å². The Balaban J connectivity index is 2.79. The maximum Gasteiger partial charge on any atom is 0.220 e. The van der Waals surface area contributed by atoms with E-state index in [1.807, 2.05) is 13.2 Å². The van der Waals surface area contributed by atoms with Crippen molar-refractivity contribution in [3.63, 3.8) is 0 Å². The van der Waals surface area contributed by atoms with Crippen molar-refractivity contribution in [1.82, 2.24) is 4.98 Å². The van der Waals surface area contributed by atoms with E-state index < -0.39 is 6.10 Å². The zero-order valence-corrected chi connectivity index (χ0v) is 17.1. The lowest BCUT2D eigenvalue weighted by atomic mass is 9.96. The molecule has 26 heavy (non-hydrogen) atoms. The Kier molecular flexibility index (Phi) is 6.86. The molecule has 1 aromatic carbocycles. The van der Waals surface area contributed by atoms with Crippen molar-refractivity contribution in [3.05, 3.63) is 34.0 Å². The topological polar surface area (TPSA) is 70.0 Å². The number of rotatable bonds is 7. The minimum absolute atomic E-state index is 0.294. The summed E-state index contributed by atoms with van der Waals surface area (Å²) in [6, 6.07) is 1.78. The average molecular weight is 400 g/mol. The van der Waals surface area contributed by atoms with Crippen LogP contribution in [0.4, 0.5) is 0 Å². The van der Waals surface area contributed by atoms with Crippen LogP contribution < -0.4 is 18.9 Å². The lowest BCUT2D eigenvalue weighted by molar-refractivity contribution is 0.202. The normalized spacial score (nSPS) is 11.8. The molecule has 0 aliphatic heterocycles. The van der Waals surface area contributed by atoms with Gasteiger partial charge in [0.2, 0.25) is 11.6 Å². The first-order valence-corrected chi connectivity index (χ1v) is 9.29. The number of nitrogens with zero attached hydrogens (tertiary/aromatic N) is 1. The van der Waals surface area contributed by atoms with Crippen LogP contribution in [0.15, 0.2) is 17.2 Å². The highest BCUT2D eigenvalue weighted by Gasteiger charge is 2.30. The molecular weight excluding hydrogens is 378 g/mol. The lowest BCUT2D eigenvalue weighted by Gasteiger charge is -2.24. The van der Waals surface area contributed by atoms with Crippen LogP contribution in [0.1, 0.15) is 22.8 Å². The first-order valence-electron chi connectivity index (χ1n) is 7.68. The second-order valence-electron chi connectivity index (χ2n) is 5.34. The zero-order valence-electron chi connectivity index (χ0n) is 15.5. The first-order chi connectivity index (χ1) is 12.4. The van der Waals surface area contributed by atoms with Crippen LogP contribution in [0.5, 0.6) is 23.1 Å². The van der Waals surface area contributed by atoms with Gasteiger partial charge in [-0.25, -0.2) is 4.98 Å². The summed E-state index contributed by atoms with van der Waals surface area (Å²) in [6.45, 7) is 1.85.